The van der Waals surface area contributed by atoms with Gasteiger partial charge in [0.2, 0.25) is 5.95 Å². The van der Waals surface area contributed by atoms with E-state index in [9.17, 15) is 9.18 Å². The quantitative estimate of drug-likeness (QED) is 0.800. The van der Waals surface area contributed by atoms with Gasteiger partial charge in [-0.05, 0) is 12.1 Å². The Morgan fingerprint density at radius 1 is 1.19 bits per heavy atom. The van der Waals surface area contributed by atoms with Crippen molar-refractivity contribution in [1.29, 1.82) is 0 Å². The number of anilines is 2. The summed E-state index contributed by atoms with van der Waals surface area (Å²) < 4.78 is 13.2. The lowest BCUT2D eigenvalue weighted by atomic mass is 10.3. The van der Waals surface area contributed by atoms with Gasteiger partial charge in [-0.15, -0.1) is 0 Å². The molecule has 80 valence electrons. The predicted molar refractivity (Wildman–Crippen MR) is 57.1 cm³/mol. The zero-order valence-corrected chi connectivity index (χ0v) is 8.22. The molecule has 0 atom stereocenters. The van der Waals surface area contributed by atoms with Crippen LogP contribution in [0.5, 0.6) is 0 Å². The molecule has 1 aromatic carbocycles. The number of halogens is 1. The summed E-state index contributed by atoms with van der Waals surface area (Å²) in [6.07, 6.45) is 3.37. The van der Waals surface area contributed by atoms with Crippen molar-refractivity contribution in [3.63, 3.8) is 0 Å². The molecule has 0 aliphatic carbocycles. The molecule has 0 saturated heterocycles. The number of nitrogens with zero attached hydrogens (tertiary/aromatic N) is 2. The molecule has 1 N–H and O–H groups in total. The normalized spacial score (nSPS) is 9.81. The van der Waals surface area contributed by atoms with E-state index >= 15 is 0 Å². The number of carbonyl (C=O) groups is 1. The van der Waals surface area contributed by atoms with E-state index in [-0.39, 0.29) is 11.8 Å². The van der Waals surface area contributed by atoms with Gasteiger partial charge < -0.3 is 5.32 Å². The summed E-state index contributed by atoms with van der Waals surface area (Å²) in [6.45, 7) is 0. The Hall–Kier alpha value is -2.30. The highest BCUT2D eigenvalue weighted by molar-refractivity contribution is 5.73. The van der Waals surface area contributed by atoms with Crippen LogP contribution in [0.25, 0.3) is 0 Å². The van der Waals surface area contributed by atoms with Crippen LogP contribution in [-0.4, -0.2) is 16.3 Å². The summed E-state index contributed by atoms with van der Waals surface area (Å²) in [5, 5.41) is 2.71. The van der Waals surface area contributed by atoms with Crippen molar-refractivity contribution in [2.24, 2.45) is 0 Å². The summed E-state index contributed by atoms with van der Waals surface area (Å²) >= 11 is 0. The summed E-state index contributed by atoms with van der Waals surface area (Å²) in [6, 6.07) is 6.20. The van der Waals surface area contributed by atoms with Crippen LogP contribution in [0.2, 0.25) is 0 Å². The van der Waals surface area contributed by atoms with Crippen LogP contribution in [0.3, 0.4) is 0 Å². The second-order valence-electron chi connectivity index (χ2n) is 3.06. The highest BCUT2D eigenvalue weighted by Gasteiger charge is 2.02. The van der Waals surface area contributed by atoms with E-state index < -0.39 is 0 Å². The van der Waals surface area contributed by atoms with Crippen LogP contribution in [0.15, 0.2) is 36.7 Å². The van der Waals surface area contributed by atoms with Gasteiger partial charge in [0.1, 0.15) is 5.82 Å². The van der Waals surface area contributed by atoms with E-state index in [1.807, 2.05) is 0 Å². The van der Waals surface area contributed by atoms with E-state index in [2.05, 4.69) is 15.3 Å². The summed E-state index contributed by atoms with van der Waals surface area (Å²) in [4.78, 5) is 18.1. The van der Waals surface area contributed by atoms with Gasteiger partial charge in [-0.25, -0.2) is 14.4 Å². The second kappa shape index (κ2) is 4.48. The largest absolute Gasteiger partial charge is 0.322 e. The van der Waals surface area contributed by atoms with E-state index in [1.165, 1.54) is 18.5 Å². The number of hydrogen-bond acceptors (Lipinski definition) is 4. The zero-order chi connectivity index (χ0) is 11.4. The number of nitrogens with one attached hydrogen (secondary N) is 1. The average molecular weight is 217 g/mol. The summed E-state index contributed by atoms with van der Waals surface area (Å²) in [7, 11) is 0. The summed E-state index contributed by atoms with van der Waals surface area (Å²) in [5.74, 6) is -0.138. The molecule has 1 aromatic heterocycles. The molecule has 0 unspecified atom stereocenters. The van der Waals surface area contributed by atoms with Crippen molar-refractivity contribution >= 4 is 17.9 Å². The maximum Gasteiger partial charge on any atom is 0.227 e. The molecular weight excluding hydrogens is 209 g/mol. The minimum atomic E-state index is -0.384. The third-order valence-corrected chi connectivity index (χ3v) is 1.93. The summed E-state index contributed by atoms with van der Waals surface area (Å²) in [5.41, 5.74) is 0.667. The molecular formula is C11H8FN3O. The first-order chi connectivity index (χ1) is 7.79. The van der Waals surface area contributed by atoms with Gasteiger partial charge >= 0.3 is 0 Å². The molecule has 0 aliphatic rings. The first kappa shape index (κ1) is 10.2. The minimum Gasteiger partial charge on any atom is -0.322 e. The number of aldehydes is 1. The zero-order valence-electron chi connectivity index (χ0n) is 8.22. The van der Waals surface area contributed by atoms with Gasteiger partial charge in [-0.2, -0.15) is 0 Å². The number of hydrogen-bond donors (Lipinski definition) is 1. The number of rotatable bonds is 3. The molecule has 0 spiro atoms. The molecule has 16 heavy (non-hydrogen) atoms. The molecule has 1 heterocycles. The van der Waals surface area contributed by atoms with Gasteiger partial charge in [-0.1, -0.05) is 12.1 Å². The highest BCUT2D eigenvalue weighted by Crippen LogP contribution is 2.15. The smallest absolute Gasteiger partial charge is 0.227 e. The molecule has 0 bridgehead atoms. The molecule has 2 aromatic rings. The number of carbonyl (C=O) groups excluding carboxylic acids is 1. The fourth-order valence-electron chi connectivity index (χ4n) is 1.15. The number of benzene rings is 1. The van der Waals surface area contributed by atoms with Crippen LogP contribution in [-0.2, 0) is 0 Å². The maximum atomic E-state index is 13.2. The van der Waals surface area contributed by atoms with Crippen molar-refractivity contribution < 1.29 is 9.18 Å². The lowest BCUT2D eigenvalue weighted by Gasteiger charge is -2.04. The van der Waals surface area contributed by atoms with E-state index in [0.717, 1.165) is 0 Å². The molecule has 0 amide bonds. The molecule has 0 saturated carbocycles. The Morgan fingerprint density at radius 2 is 1.88 bits per heavy atom. The Morgan fingerprint density at radius 3 is 2.50 bits per heavy atom. The average Bonchev–Trinajstić information content (AvgIpc) is 2.33. The van der Waals surface area contributed by atoms with Crippen molar-refractivity contribution in [1.82, 2.24) is 9.97 Å². The van der Waals surface area contributed by atoms with Crippen LogP contribution >= 0.6 is 0 Å². The Kier molecular flexibility index (Phi) is 2.86. The van der Waals surface area contributed by atoms with Crippen molar-refractivity contribution in [2.75, 3.05) is 5.32 Å². The predicted octanol–water partition coefficient (Wildman–Crippen LogP) is 2.17. The van der Waals surface area contributed by atoms with Crippen LogP contribution in [0, 0.1) is 5.82 Å². The molecule has 2 rings (SSSR count). The monoisotopic (exact) mass is 217 g/mol. The van der Waals surface area contributed by atoms with Gasteiger partial charge in [-0.3, -0.25) is 4.79 Å². The molecule has 0 aliphatic heterocycles. The SMILES string of the molecule is O=Cc1cnc(Nc2ccccc2F)nc1. The molecule has 0 fully saturated rings. The first-order valence-corrected chi connectivity index (χ1v) is 4.58. The van der Waals surface area contributed by atoms with Gasteiger partial charge in [0.05, 0.1) is 11.3 Å². The molecule has 5 heteroatoms. The minimum absolute atomic E-state index is 0.246. The Labute approximate surface area is 91.2 Å². The molecule has 0 radical (unpaired) electrons. The lowest BCUT2D eigenvalue weighted by Crippen LogP contribution is -1.99. The maximum absolute atomic E-state index is 13.2. The molecule has 4 nitrogen and oxygen atoms in total. The number of aromatic nitrogens is 2. The topological polar surface area (TPSA) is 54.9 Å². The fourth-order valence-corrected chi connectivity index (χ4v) is 1.15. The van der Waals surface area contributed by atoms with Gasteiger partial charge in [0, 0.05) is 12.4 Å². The van der Waals surface area contributed by atoms with E-state index in [1.54, 1.807) is 18.2 Å². The Balaban J connectivity index is 2.21. The first-order valence-electron chi connectivity index (χ1n) is 4.58. The van der Waals surface area contributed by atoms with Gasteiger partial charge in [0.15, 0.2) is 6.29 Å². The van der Waals surface area contributed by atoms with Crippen LogP contribution in [0.4, 0.5) is 16.0 Å². The lowest BCUT2D eigenvalue weighted by molar-refractivity contribution is 0.112. The second-order valence-corrected chi connectivity index (χ2v) is 3.06. The van der Waals surface area contributed by atoms with E-state index in [0.29, 0.717) is 17.5 Å². The highest BCUT2D eigenvalue weighted by atomic mass is 19.1. The standard InChI is InChI=1S/C11H8FN3O/c12-9-3-1-2-4-10(9)15-11-13-5-8(7-16)6-14-11/h1-7H,(H,13,14,15). The van der Waals surface area contributed by atoms with Crippen molar-refractivity contribution in [3.05, 3.63) is 48.0 Å². The van der Waals surface area contributed by atoms with Crippen LogP contribution in [0.1, 0.15) is 10.4 Å². The van der Waals surface area contributed by atoms with Crippen molar-refractivity contribution in [3.8, 4) is 0 Å². The Bertz CT molecular complexity index is 499. The van der Waals surface area contributed by atoms with Crippen LogP contribution < -0.4 is 5.32 Å². The fraction of sp³-hybridized carbons (Fsp3) is 0. The number of para-hydroxylation sites is 1. The van der Waals surface area contributed by atoms with Gasteiger partial charge in [0.25, 0.3) is 0 Å². The third kappa shape index (κ3) is 2.20. The van der Waals surface area contributed by atoms with E-state index in [4.69, 9.17) is 0 Å². The third-order valence-electron chi connectivity index (χ3n) is 1.93. The van der Waals surface area contributed by atoms with Crippen molar-refractivity contribution in [2.45, 2.75) is 0 Å².